The molecule has 0 bridgehead atoms. The van der Waals surface area contributed by atoms with Crippen molar-refractivity contribution in [3.8, 4) is 10.7 Å². The van der Waals surface area contributed by atoms with Crippen LogP contribution in [0.1, 0.15) is 49.3 Å². The Morgan fingerprint density at radius 2 is 1.79 bits per heavy atom. The number of halogens is 1. The number of tetrazole rings is 1. The maximum atomic E-state index is 13.9. The molecule has 1 N–H and O–H groups in total. The summed E-state index contributed by atoms with van der Waals surface area (Å²) in [4.78, 5) is 31.5. The zero-order valence-corrected chi connectivity index (χ0v) is 21.7. The molecule has 1 fully saturated rings. The van der Waals surface area contributed by atoms with Crippen molar-refractivity contribution in [3.63, 3.8) is 0 Å². The molecule has 5 rings (SSSR count). The average molecular weight is 533 g/mol. The maximum Gasteiger partial charge on any atom is 0.247 e. The first kappa shape index (κ1) is 25.7. The molecule has 4 aromatic rings. The Kier molecular flexibility index (Phi) is 8.18. The molecule has 0 spiro atoms. The van der Waals surface area contributed by atoms with E-state index in [-0.39, 0.29) is 24.4 Å². The van der Waals surface area contributed by atoms with Gasteiger partial charge in [-0.2, -0.15) is 4.80 Å². The fraction of sp³-hybridized carbons (Fsp3) is 0.321. The van der Waals surface area contributed by atoms with Gasteiger partial charge in [-0.1, -0.05) is 67.8 Å². The number of hydrogen-bond acceptors (Lipinski definition) is 6. The van der Waals surface area contributed by atoms with Gasteiger partial charge < -0.3 is 10.2 Å². The van der Waals surface area contributed by atoms with Gasteiger partial charge in [0.1, 0.15) is 18.4 Å². The zero-order chi connectivity index (χ0) is 26.3. The number of benzene rings is 2. The molecular formula is C28H29FN6O2S. The van der Waals surface area contributed by atoms with Crippen LogP contribution in [0.5, 0.6) is 0 Å². The number of nitrogens with one attached hydrogen (secondary N) is 1. The summed E-state index contributed by atoms with van der Waals surface area (Å²) in [6.07, 6.45) is 4.62. The van der Waals surface area contributed by atoms with Gasteiger partial charge in [0, 0.05) is 12.6 Å². The number of carbonyl (C=O) groups is 2. The third-order valence-corrected chi connectivity index (χ3v) is 7.61. The summed E-state index contributed by atoms with van der Waals surface area (Å²) < 4.78 is 13.8. The Hall–Kier alpha value is -3.92. The van der Waals surface area contributed by atoms with Crippen LogP contribution < -0.4 is 5.32 Å². The van der Waals surface area contributed by atoms with Gasteiger partial charge in [0.05, 0.1) is 4.88 Å². The summed E-state index contributed by atoms with van der Waals surface area (Å²) in [7, 11) is 0. The Balaban J connectivity index is 1.44. The minimum atomic E-state index is -0.921. The van der Waals surface area contributed by atoms with Gasteiger partial charge in [-0.15, -0.1) is 21.5 Å². The molecule has 1 saturated carbocycles. The normalized spacial score (nSPS) is 14.7. The second kappa shape index (κ2) is 12.1. The highest BCUT2D eigenvalue weighted by molar-refractivity contribution is 7.13. The molecule has 0 saturated heterocycles. The van der Waals surface area contributed by atoms with Crippen LogP contribution in [0.15, 0.2) is 72.1 Å². The molecule has 2 amide bonds. The molecule has 0 radical (unpaired) electrons. The summed E-state index contributed by atoms with van der Waals surface area (Å²) in [6.45, 7) is 0.164. The highest BCUT2D eigenvalue weighted by Gasteiger charge is 2.37. The van der Waals surface area contributed by atoms with E-state index in [1.54, 1.807) is 17.0 Å². The van der Waals surface area contributed by atoms with Crippen LogP contribution in [0.25, 0.3) is 10.7 Å². The summed E-state index contributed by atoms with van der Waals surface area (Å²) in [5.74, 6) is -0.546. The van der Waals surface area contributed by atoms with E-state index in [9.17, 15) is 14.0 Å². The summed E-state index contributed by atoms with van der Waals surface area (Å²) in [6, 6.07) is 18.1. The van der Waals surface area contributed by atoms with Crippen LogP contribution in [0.3, 0.4) is 0 Å². The SMILES string of the molecule is O=C(NCc1ccccc1)C(c1ccc(F)cc1)N(C(=O)Cn1nnc(-c2cccs2)n1)C1CCCCC1. The fourth-order valence-corrected chi connectivity index (χ4v) is 5.55. The average Bonchev–Trinajstić information content (AvgIpc) is 3.65. The molecule has 0 aliphatic heterocycles. The Bertz CT molecular complexity index is 1340. The predicted octanol–water partition coefficient (Wildman–Crippen LogP) is 4.76. The van der Waals surface area contributed by atoms with Gasteiger partial charge in [0.2, 0.25) is 17.6 Å². The van der Waals surface area contributed by atoms with Crippen LogP contribution in [0.2, 0.25) is 0 Å². The largest absolute Gasteiger partial charge is 0.350 e. The van der Waals surface area contributed by atoms with Crippen molar-refractivity contribution in [1.29, 1.82) is 0 Å². The Morgan fingerprint density at radius 1 is 1.03 bits per heavy atom. The first-order valence-corrected chi connectivity index (χ1v) is 13.7. The molecule has 1 aliphatic carbocycles. The molecule has 8 nitrogen and oxygen atoms in total. The van der Waals surface area contributed by atoms with E-state index >= 15 is 0 Å². The highest BCUT2D eigenvalue weighted by Crippen LogP contribution is 2.31. The molecule has 2 heterocycles. The Labute approximate surface area is 224 Å². The van der Waals surface area contributed by atoms with Crippen molar-refractivity contribution >= 4 is 23.2 Å². The highest BCUT2D eigenvalue weighted by atomic mass is 32.1. The van der Waals surface area contributed by atoms with Gasteiger partial charge in [-0.25, -0.2) is 4.39 Å². The molecule has 1 aliphatic rings. The van der Waals surface area contributed by atoms with Crippen molar-refractivity contribution in [3.05, 3.63) is 89.1 Å². The van der Waals surface area contributed by atoms with Crippen LogP contribution in [-0.4, -0.2) is 43.0 Å². The van der Waals surface area contributed by atoms with E-state index in [0.29, 0.717) is 17.9 Å². The third-order valence-electron chi connectivity index (χ3n) is 6.75. The molecule has 38 heavy (non-hydrogen) atoms. The van der Waals surface area contributed by atoms with Crippen LogP contribution >= 0.6 is 11.3 Å². The van der Waals surface area contributed by atoms with Crippen LogP contribution in [-0.2, 0) is 22.7 Å². The van der Waals surface area contributed by atoms with Crippen LogP contribution in [0.4, 0.5) is 4.39 Å². The summed E-state index contributed by atoms with van der Waals surface area (Å²) >= 11 is 1.49. The van der Waals surface area contributed by atoms with Crippen molar-refractivity contribution in [1.82, 2.24) is 30.4 Å². The number of nitrogens with zero attached hydrogens (tertiary/aromatic N) is 5. The van der Waals surface area contributed by atoms with Crippen molar-refractivity contribution in [2.24, 2.45) is 0 Å². The number of rotatable bonds is 9. The van der Waals surface area contributed by atoms with E-state index in [0.717, 1.165) is 42.5 Å². The monoisotopic (exact) mass is 532 g/mol. The van der Waals surface area contributed by atoms with Gasteiger partial charge in [0.15, 0.2) is 0 Å². The lowest BCUT2D eigenvalue weighted by Gasteiger charge is -2.39. The van der Waals surface area contributed by atoms with E-state index < -0.39 is 11.9 Å². The smallest absolute Gasteiger partial charge is 0.247 e. The Morgan fingerprint density at radius 3 is 2.50 bits per heavy atom. The second-order valence-corrected chi connectivity index (χ2v) is 10.3. The fourth-order valence-electron chi connectivity index (χ4n) is 4.90. The molecular weight excluding hydrogens is 503 g/mol. The lowest BCUT2D eigenvalue weighted by molar-refractivity contribution is -0.145. The number of aromatic nitrogens is 4. The first-order chi connectivity index (χ1) is 18.6. The van der Waals surface area contributed by atoms with E-state index in [2.05, 4.69) is 20.7 Å². The van der Waals surface area contributed by atoms with E-state index in [1.165, 1.54) is 28.3 Å². The predicted molar refractivity (Wildman–Crippen MR) is 142 cm³/mol. The molecule has 10 heteroatoms. The minimum absolute atomic E-state index is 0.130. The summed E-state index contributed by atoms with van der Waals surface area (Å²) in [5.41, 5.74) is 1.50. The number of amides is 2. The lowest BCUT2D eigenvalue weighted by Crippen LogP contribution is -2.50. The first-order valence-electron chi connectivity index (χ1n) is 12.8. The standard InChI is InChI=1S/C28H29FN6O2S/c29-22-15-13-21(14-16-22)26(28(37)30-18-20-8-3-1-4-9-20)35(23-10-5-2-6-11-23)25(36)19-34-32-27(31-33-34)24-12-7-17-38-24/h1,3-4,7-9,12-17,23,26H,2,5-6,10-11,18-19H2,(H,30,37). The number of hydrogen-bond donors (Lipinski definition) is 1. The van der Waals surface area contributed by atoms with Gasteiger partial charge in [0.25, 0.3) is 0 Å². The van der Waals surface area contributed by atoms with Gasteiger partial charge in [-0.3, -0.25) is 9.59 Å². The number of thiophene rings is 1. The quantitative estimate of drug-likeness (QED) is 0.336. The molecule has 196 valence electrons. The zero-order valence-electron chi connectivity index (χ0n) is 20.9. The van der Waals surface area contributed by atoms with Crippen molar-refractivity contribution in [2.75, 3.05) is 0 Å². The number of carbonyl (C=O) groups excluding carboxylic acids is 2. The van der Waals surface area contributed by atoms with Gasteiger partial charge in [-0.05, 0) is 52.8 Å². The molecule has 1 unspecified atom stereocenters. The van der Waals surface area contributed by atoms with Crippen molar-refractivity contribution < 1.29 is 14.0 Å². The lowest BCUT2D eigenvalue weighted by atomic mass is 9.91. The van der Waals surface area contributed by atoms with E-state index in [1.807, 2.05) is 47.8 Å². The molecule has 1 atom stereocenters. The molecule has 2 aromatic carbocycles. The van der Waals surface area contributed by atoms with Crippen LogP contribution in [0, 0.1) is 5.82 Å². The summed E-state index contributed by atoms with van der Waals surface area (Å²) in [5, 5.41) is 17.5. The molecule has 2 aromatic heterocycles. The van der Waals surface area contributed by atoms with Gasteiger partial charge >= 0.3 is 0 Å². The maximum absolute atomic E-state index is 13.9. The third kappa shape index (κ3) is 6.13. The minimum Gasteiger partial charge on any atom is -0.350 e. The topological polar surface area (TPSA) is 93.0 Å². The second-order valence-electron chi connectivity index (χ2n) is 9.37. The van der Waals surface area contributed by atoms with Crippen molar-refractivity contribution in [2.45, 2.75) is 57.3 Å². The van der Waals surface area contributed by atoms with E-state index in [4.69, 9.17) is 0 Å².